The summed E-state index contributed by atoms with van der Waals surface area (Å²) >= 11 is 0. The van der Waals surface area contributed by atoms with E-state index in [1.807, 2.05) is 24.3 Å². The molecule has 2 amide bonds. The van der Waals surface area contributed by atoms with Crippen LogP contribution in [0.5, 0.6) is 0 Å². The summed E-state index contributed by atoms with van der Waals surface area (Å²) in [5.41, 5.74) is 4.89. The summed E-state index contributed by atoms with van der Waals surface area (Å²) < 4.78 is 0. The lowest BCUT2D eigenvalue weighted by Crippen LogP contribution is -2.32. The zero-order valence-electron chi connectivity index (χ0n) is 5.50. The Morgan fingerprint density at radius 3 is 2.90 bits per heavy atom. The number of allylic oxidation sites excluding steroid dienone is 2. The Hall–Kier alpha value is -1.25. The van der Waals surface area contributed by atoms with Crippen LogP contribution in [0.4, 0.5) is 4.79 Å². The molecule has 0 aromatic carbocycles. The van der Waals surface area contributed by atoms with E-state index in [4.69, 9.17) is 5.73 Å². The number of primary amides is 1. The molecule has 0 spiro atoms. The highest BCUT2D eigenvalue weighted by Gasteiger charge is 2.06. The Kier molecular flexibility index (Phi) is 2.10. The molecule has 3 heteroatoms. The fraction of sp³-hybridized carbons (Fsp3) is 0.143. The third-order valence-electron chi connectivity index (χ3n) is 1.17. The van der Waals surface area contributed by atoms with Crippen LogP contribution in [-0.4, -0.2) is 6.03 Å². The second-order valence-corrected chi connectivity index (χ2v) is 2.01. The van der Waals surface area contributed by atoms with E-state index in [0.717, 1.165) is 12.5 Å². The van der Waals surface area contributed by atoms with Crippen LogP contribution in [0.25, 0.3) is 0 Å². The third-order valence-corrected chi connectivity index (χ3v) is 1.17. The minimum Gasteiger partial charge on any atom is -0.352 e. The number of hydrogen-bond acceptors (Lipinski definition) is 1. The lowest BCUT2D eigenvalue weighted by molar-refractivity contribution is 0.250. The lowest BCUT2D eigenvalue weighted by Gasteiger charge is -2.10. The molecule has 1 aliphatic rings. The average molecular weight is 137 g/mol. The Balaban J connectivity index is 2.37. The Bertz CT molecular complexity index is 184. The number of nitrogens with two attached hydrogens (primary N) is 1. The highest BCUT2D eigenvalue weighted by molar-refractivity contribution is 5.73. The Labute approximate surface area is 59.6 Å². The molecule has 0 aromatic rings. The van der Waals surface area contributed by atoms with Gasteiger partial charge in [-0.2, -0.15) is 0 Å². The van der Waals surface area contributed by atoms with Gasteiger partial charge >= 0.3 is 6.03 Å². The maximum Gasteiger partial charge on any atom is 0.312 e. The highest BCUT2D eigenvalue weighted by atomic mass is 16.2. The van der Waals surface area contributed by atoms with Gasteiger partial charge < -0.3 is 11.1 Å². The normalized spacial score (nSPS) is 17.2. The molecule has 0 aromatic heterocycles. The zero-order chi connectivity index (χ0) is 7.40. The number of hydrogen-bond donors (Lipinski definition) is 2. The number of carbonyl (C=O) groups is 1. The standard InChI is InChI=1S/C7H9N2O/c8-7(10)9-6-4-2-1-3-5-6/h1-4H,5H2,(H3,8,9,10). The molecule has 3 N–H and O–H groups in total. The molecular formula is C7H9N2O. The van der Waals surface area contributed by atoms with Crippen LogP contribution in [-0.2, 0) is 0 Å². The first-order valence-electron chi connectivity index (χ1n) is 3.04. The van der Waals surface area contributed by atoms with E-state index in [9.17, 15) is 4.79 Å². The van der Waals surface area contributed by atoms with Crippen LogP contribution in [0.3, 0.4) is 0 Å². The van der Waals surface area contributed by atoms with E-state index < -0.39 is 6.03 Å². The molecule has 0 unspecified atom stereocenters. The van der Waals surface area contributed by atoms with Crippen LogP contribution in [0.15, 0.2) is 24.3 Å². The second-order valence-electron chi connectivity index (χ2n) is 2.01. The maximum absolute atomic E-state index is 10.3. The molecule has 0 saturated heterocycles. The second kappa shape index (κ2) is 3.06. The molecule has 10 heavy (non-hydrogen) atoms. The van der Waals surface area contributed by atoms with Crippen molar-refractivity contribution in [2.24, 2.45) is 5.73 Å². The van der Waals surface area contributed by atoms with Crippen molar-refractivity contribution in [2.45, 2.75) is 6.42 Å². The average Bonchev–Trinajstić information content (AvgIpc) is 1.88. The maximum atomic E-state index is 10.3. The summed E-state index contributed by atoms with van der Waals surface area (Å²) in [6.07, 6.45) is 8.30. The quantitative estimate of drug-likeness (QED) is 0.549. The molecule has 53 valence electrons. The number of nitrogens with one attached hydrogen (secondary N) is 1. The van der Waals surface area contributed by atoms with Crippen molar-refractivity contribution >= 4 is 6.03 Å². The van der Waals surface area contributed by atoms with Gasteiger partial charge in [0.2, 0.25) is 0 Å². The van der Waals surface area contributed by atoms with Gasteiger partial charge in [-0.05, 0) is 6.42 Å². The summed E-state index contributed by atoms with van der Waals surface area (Å²) in [7, 11) is 0. The Morgan fingerprint density at radius 1 is 1.60 bits per heavy atom. The van der Waals surface area contributed by atoms with Crippen molar-refractivity contribution in [1.29, 1.82) is 0 Å². The molecule has 1 radical (unpaired) electrons. The number of amides is 2. The summed E-state index contributed by atoms with van der Waals surface area (Å²) in [5.74, 6) is 0. The molecule has 1 aliphatic carbocycles. The molecule has 0 fully saturated rings. The Morgan fingerprint density at radius 2 is 2.40 bits per heavy atom. The van der Waals surface area contributed by atoms with Crippen LogP contribution in [0.1, 0.15) is 6.42 Å². The van der Waals surface area contributed by atoms with Gasteiger partial charge in [-0.3, -0.25) is 0 Å². The van der Waals surface area contributed by atoms with Crippen molar-refractivity contribution in [3.63, 3.8) is 0 Å². The fourth-order valence-corrected chi connectivity index (χ4v) is 0.764. The van der Waals surface area contributed by atoms with Crippen LogP contribution in [0.2, 0.25) is 0 Å². The fourth-order valence-electron chi connectivity index (χ4n) is 0.764. The zero-order valence-corrected chi connectivity index (χ0v) is 5.50. The van der Waals surface area contributed by atoms with Crippen LogP contribution < -0.4 is 11.1 Å². The highest BCUT2D eigenvalue weighted by Crippen LogP contribution is 2.08. The van der Waals surface area contributed by atoms with Crippen LogP contribution in [0, 0.1) is 6.04 Å². The number of rotatable bonds is 1. The lowest BCUT2D eigenvalue weighted by atomic mass is 10.1. The smallest absolute Gasteiger partial charge is 0.312 e. The molecule has 0 atom stereocenters. The van der Waals surface area contributed by atoms with E-state index >= 15 is 0 Å². The van der Waals surface area contributed by atoms with E-state index in [0.29, 0.717) is 0 Å². The minimum absolute atomic E-state index is 0.505. The van der Waals surface area contributed by atoms with Gasteiger partial charge in [0.05, 0.1) is 6.04 Å². The minimum atomic E-state index is -0.505. The first-order valence-corrected chi connectivity index (χ1v) is 3.04. The van der Waals surface area contributed by atoms with Crippen molar-refractivity contribution in [3.8, 4) is 0 Å². The third kappa shape index (κ3) is 1.93. The number of urea groups is 1. The van der Waals surface area contributed by atoms with E-state index in [1.54, 1.807) is 0 Å². The molecule has 0 saturated carbocycles. The van der Waals surface area contributed by atoms with Crippen molar-refractivity contribution in [2.75, 3.05) is 0 Å². The first-order chi connectivity index (χ1) is 4.79. The first kappa shape index (κ1) is 6.86. The van der Waals surface area contributed by atoms with Gasteiger partial charge in [0.25, 0.3) is 0 Å². The van der Waals surface area contributed by atoms with Gasteiger partial charge in [0.15, 0.2) is 0 Å². The van der Waals surface area contributed by atoms with Crippen molar-refractivity contribution < 1.29 is 4.79 Å². The van der Waals surface area contributed by atoms with Gasteiger partial charge in [-0.15, -0.1) is 0 Å². The molecule has 3 nitrogen and oxygen atoms in total. The monoisotopic (exact) mass is 137 g/mol. The SMILES string of the molecule is NC(=O)N[C]1C=CC=CC1. The van der Waals surface area contributed by atoms with Crippen LogP contribution >= 0.6 is 0 Å². The summed E-state index contributed by atoms with van der Waals surface area (Å²) in [6, 6.07) is 0.338. The van der Waals surface area contributed by atoms with Gasteiger partial charge in [0, 0.05) is 0 Å². The van der Waals surface area contributed by atoms with E-state index in [-0.39, 0.29) is 0 Å². The van der Waals surface area contributed by atoms with Gasteiger partial charge in [-0.25, -0.2) is 4.79 Å². The molecule has 0 aliphatic heterocycles. The predicted molar refractivity (Wildman–Crippen MR) is 38.9 cm³/mol. The van der Waals surface area contributed by atoms with Crippen molar-refractivity contribution in [3.05, 3.63) is 30.3 Å². The summed E-state index contributed by atoms with van der Waals surface area (Å²) in [5, 5.41) is 2.50. The van der Waals surface area contributed by atoms with Gasteiger partial charge in [-0.1, -0.05) is 24.3 Å². The van der Waals surface area contributed by atoms with Crippen molar-refractivity contribution in [1.82, 2.24) is 5.32 Å². The summed E-state index contributed by atoms with van der Waals surface area (Å²) in [4.78, 5) is 10.3. The molecule has 0 bridgehead atoms. The van der Waals surface area contributed by atoms with E-state index in [1.165, 1.54) is 0 Å². The largest absolute Gasteiger partial charge is 0.352 e. The van der Waals surface area contributed by atoms with Gasteiger partial charge in [0.1, 0.15) is 0 Å². The summed E-state index contributed by atoms with van der Waals surface area (Å²) in [6.45, 7) is 0. The van der Waals surface area contributed by atoms with E-state index in [2.05, 4.69) is 5.32 Å². The predicted octanol–water partition coefficient (Wildman–Crippen LogP) is 0.703. The molecular weight excluding hydrogens is 128 g/mol. The number of carbonyl (C=O) groups excluding carboxylic acids is 1. The topological polar surface area (TPSA) is 55.1 Å². The molecule has 1 rings (SSSR count). The molecule has 0 heterocycles.